The van der Waals surface area contributed by atoms with E-state index in [2.05, 4.69) is 0 Å². The van der Waals surface area contributed by atoms with Gasteiger partial charge in [0.25, 0.3) is 0 Å². The molecular formula is C13H17NaO4. The van der Waals surface area contributed by atoms with Crippen LogP contribution in [0, 0.1) is 0 Å². The Balaban J connectivity index is 0.00000289. The summed E-state index contributed by atoms with van der Waals surface area (Å²) in [4.78, 5) is 23.5. The van der Waals surface area contributed by atoms with Crippen LogP contribution in [0.3, 0.4) is 0 Å². The van der Waals surface area contributed by atoms with Crippen molar-refractivity contribution < 1.29 is 19.1 Å². The van der Waals surface area contributed by atoms with E-state index in [4.69, 9.17) is 9.47 Å². The van der Waals surface area contributed by atoms with Crippen molar-refractivity contribution in [1.82, 2.24) is 0 Å². The minimum atomic E-state index is -0.990. The third-order valence-electron chi connectivity index (χ3n) is 2.18. The van der Waals surface area contributed by atoms with Gasteiger partial charge in [0.05, 0.1) is 13.2 Å². The Bertz CT molecular complexity index is 360. The summed E-state index contributed by atoms with van der Waals surface area (Å²) in [6.07, 6.45) is 0. The molecule has 1 rings (SSSR count). The molecule has 18 heavy (non-hydrogen) atoms. The van der Waals surface area contributed by atoms with E-state index in [1.54, 1.807) is 38.1 Å². The molecule has 0 fully saturated rings. The van der Waals surface area contributed by atoms with Crippen LogP contribution in [0.2, 0.25) is 0 Å². The molecule has 5 heteroatoms. The van der Waals surface area contributed by atoms with E-state index >= 15 is 0 Å². The van der Waals surface area contributed by atoms with Gasteiger partial charge < -0.3 is 9.47 Å². The average molecular weight is 260 g/mol. The molecule has 0 aliphatic carbocycles. The third-order valence-corrected chi connectivity index (χ3v) is 2.18. The Morgan fingerprint density at radius 2 is 1.44 bits per heavy atom. The predicted molar refractivity (Wildman–Crippen MR) is 69.6 cm³/mol. The molecule has 4 nitrogen and oxygen atoms in total. The molecule has 0 saturated carbocycles. The van der Waals surface area contributed by atoms with Crippen molar-refractivity contribution in [3.63, 3.8) is 0 Å². The normalized spacial score (nSPS) is 9.50. The molecule has 0 spiro atoms. The first kappa shape index (κ1) is 17.2. The fourth-order valence-corrected chi connectivity index (χ4v) is 1.47. The molecule has 1 aromatic rings. The van der Waals surface area contributed by atoms with Crippen LogP contribution in [0.5, 0.6) is 0 Å². The van der Waals surface area contributed by atoms with Crippen molar-refractivity contribution in [2.24, 2.45) is 0 Å². The van der Waals surface area contributed by atoms with Gasteiger partial charge in [-0.25, -0.2) is 0 Å². The van der Waals surface area contributed by atoms with Gasteiger partial charge in [-0.3, -0.25) is 9.59 Å². The molecule has 0 aliphatic heterocycles. The van der Waals surface area contributed by atoms with E-state index in [9.17, 15) is 9.59 Å². The number of hydrogen-bond donors (Lipinski definition) is 0. The second-order valence-corrected chi connectivity index (χ2v) is 3.35. The van der Waals surface area contributed by atoms with Gasteiger partial charge in [0.2, 0.25) is 0 Å². The molecule has 0 saturated heterocycles. The van der Waals surface area contributed by atoms with E-state index in [0.717, 1.165) is 0 Å². The summed E-state index contributed by atoms with van der Waals surface area (Å²) in [5.74, 6) is -2.13. The molecule has 0 aromatic heterocycles. The molecule has 0 bridgehead atoms. The monoisotopic (exact) mass is 260 g/mol. The Morgan fingerprint density at radius 3 is 1.83 bits per heavy atom. The van der Waals surface area contributed by atoms with Crippen molar-refractivity contribution in [1.29, 1.82) is 0 Å². The van der Waals surface area contributed by atoms with Crippen molar-refractivity contribution in [3.05, 3.63) is 35.9 Å². The summed E-state index contributed by atoms with van der Waals surface area (Å²) in [6.45, 7) is 3.87. The van der Waals surface area contributed by atoms with E-state index in [1.807, 2.05) is 6.07 Å². The van der Waals surface area contributed by atoms with E-state index in [-0.39, 0.29) is 42.8 Å². The number of hydrogen-bond acceptors (Lipinski definition) is 4. The van der Waals surface area contributed by atoms with Crippen LogP contribution in [0.15, 0.2) is 30.3 Å². The maximum absolute atomic E-state index is 11.7. The first-order valence-electron chi connectivity index (χ1n) is 5.58. The molecule has 94 valence electrons. The predicted octanol–water partition coefficient (Wildman–Crippen LogP) is 1.25. The Hall–Kier alpha value is -0.840. The number of benzene rings is 1. The zero-order valence-corrected chi connectivity index (χ0v) is 10.0. The van der Waals surface area contributed by atoms with E-state index in [1.165, 1.54) is 0 Å². The molecule has 0 aliphatic rings. The average Bonchev–Trinajstić information content (AvgIpc) is 2.31. The van der Waals surface area contributed by atoms with Gasteiger partial charge in [0, 0.05) is 0 Å². The topological polar surface area (TPSA) is 52.6 Å². The van der Waals surface area contributed by atoms with Crippen molar-refractivity contribution in [2.45, 2.75) is 19.8 Å². The number of esters is 2. The van der Waals surface area contributed by atoms with Crippen molar-refractivity contribution in [2.75, 3.05) is 13.2 Å². The maximum atomic E-state index is 11.7. The van der Waals surface area contributed by atoms with Gasteiger partial charge in [-0.05, 0) is 19.4 Å². The van der Waals surface area contributed by atoms with Crippen LogP contribution in [0.25, 0.3) is 0 Å². The van der Waals surface area contributed by atoms with Crippen molar-refractivity contribution >= 4 is 41.5 Å². The summed E-state index contributed by atoms with van der Waals surface area (Å²) in [6, 6.07) is 8.76. The van der Waals surface area contributed by atoms with Gasteiger partial charge >= 0.3 is 41.5 Å². The molecule has 1 aromatic carbocycles. The summed E-state index contributed by atoms with van der Waals surface area (Å²) < 4.78 is 9.77. The van der Waals surface area contributed by atoms with Crippen LogP contribution >= 0.6 is 0 Å². The number of rotatable bonds is 5. The van der Waals surface area contributed by atoms with Crippen LogP contribution in [0.1, 0.15) is 25.3 Å². The fourth-order valence-electron chi connectivity index (χ4n) is 1.47. The van der Waals surface area contributed by atoms with Crippen LogP contribution in [-0.2, 0) is 19.1 Å². The fraction of sp³-hybridized carbons (Fsp3) is 0.385. The minimum absolute atomic E-state index is 0. The number of ether oxygens (including phenoxy) is 2. The van der Waals surface area contributed by atoms with Gasteiger partial charge in [-0.1, -0.05) is 30.3 Å². The van der Waals surface area contributed by atoms with Gasteiger partial charge in [0.15, 0.2) is 5.92 Å². The quantitative estimate of drug-likeness (QED) is 0.454. The van der Waals surface area contributed by atoms with E-state index in [0.29, 0.717) is 5.56 Å². The van der Waals surface area contributed by atoms with Crippen LogP contribution < -0.4 is 0 Å². The molecule has 0 N–H and O–H groups in total. The Labute approximate surface area is 129 Å². The zero-order chi connectivity index (χ0) is 12.7. The first-order chi connectivity index (χ1) is 8.20. The standard InChI is InChI=1S/C13H16O4.Na.H/c1-3-16-12(14)11(13(15)17-4-2)10-8-6-5-7-9-10;;/h5-9,11H,3-4H2,1-2H3;;. The summed E-state index contributed by atoms with van der Waals surface area (Å²) >= 11 is 0. The molecular weight excluding hydrogens is 243 g/mol. The Morgan fingerprint density at radius 1 is 1.00 bits per heavy atom. The number of carbonyl (C=O) groups excluding carboxylic acids is 2. The summed E-state index contributed by atoms with van der Waals surface area (Å²) in [7, 11) is 0. The number of carbonyl (C=O) groups is 2. The third kappa shape index (κ3) is 4.80. The second kappa shape index (κ2) is 9.14. The second-order valence-electron chi connectivity index (χ2n) is 3.35. The molecule has 0 heterocycles. The SMILES string of the molecule is CCOC(=O)C(C(=O)OCC)c1ccccc1.[NaH]. The van der Waals surface area contributed by atoms with Crippen LogP contribution in [-0.4, -0.2) is 54.7 Å². The van der Waals surface area contributed by atoms with E-state index < -0.39 is 17.9 Å². The molecule has 0 unspecified atom stereocenters. The Kier molecular flexibility index (Phi) is 8.71. The molecule has 0 radical (unpaired) electrons. The molecule has 0 amide bonds. The van der Waals surface area contributed by atoms with Gasteiger partial charge in [0.1, 0.15) is 0 Å². The zero-order valence-electron chi connectivity index (χ0n) is 10.0. The first-order valence-corrected chi connectivity index (χ1v) is 5.58. The van der Waals surface area contributed by atoms with Crippen LogP contribution in [0.4, 0.5) is 0 Å². The summed E-state index contributed by atoms with van der Waals surface area (Å²) in [5.41, 5.74) is 0.587. The van der Waals surface area contributed by atoms with Gasteiger partial charge in [-0.15, -0.1) is 0 Å². The van der Waals surface area contributed by atoms with Crippen molar-refractivity contribution in [3.8, 4) is 0 Å². The van der Waals surface area contributed by atoms with Gasteiger partial charge in [-0.2, -0.15) is 0 Å². The summed E-state index contributed by atoms with van der Waals surface area (Å²) in [5, 5.41) is 0. The molecule has 0 atom stereocenters.